The average molecular weight is 230 g/mol. The van der Waals surface area contributed by atoms with Crippen molar-refractivity contribution in [2.24, 2.45) is 5.92 Å². The second-order valence-electron chi connectivity index (χ2n) is 5.10. The molecule has 1 unspecified atom stereocenters. The molecule has 0 bridgehead atoms. The fraction of sp³-hybridized carbons (Fsp3) is 0.333. The predicted octanol–water partition coefficient (Wildman–Crippen LogP) is 3.69. The summed E-state index contributed by atoms with van der Waals surface area (Å²) in [7, 11) is 0. The summed E-state index contributed by atoms with van der Waals surface area (Å²) in [6, 6.07) is 7.36. The van der Waals surface area contributed by atoms with Gasteiger partial charge < -0.3 is 10.2 Å². The average Bonchev–Trinajstić information content (AvgIpc) is 2.30. The van der Waals surface area contributed by atoms with Crippen molar-refractivity contribution in [2.75, 3.05) is 0 Å². The van der Waals surface area contributed by atoms with Gasteiger partial charge in [0.15, 0.2) is 0 Å². The lowest BCUT2D eigenvalue weighted by Crippen LogP contribution is -2.28. The molecule has 17 heavy (non-hydrogen) atoms. The standard InChI is InChI=1S/C15H18O2/c1-15(2,11-3-7-13(16)8-4-11)12-5-9-14(17)10-6-12/h3-5,7-10,12,16-17H,6H2,1-2H3. The molecule has 2 rings (SSSR count). The highest BCUT2D eigenvalue weighted by Gasteiger charge is 2.29. The molecule has 0 aliphatic heterocycles. The van der Waals surface area contributed by atoms with E-state index in [1.807, 2.05) is 18.2 Å². The third-order valence-electron chi connectivity index (χ3n) is 3.62. The van der Waals surface area contributed by atoms with Gasteiger partial charge in [-0.25, -0.2) is 0 Å². The first kappa shape index (κ1) is 11.8. The Bertz CT molecular complexity index is 452. The minimum Gasteiger partial charge on any atom is -0.508 e. The fourth-order valence-corrected chi connectivity index (χ4v) is 2.25. The fourth-order valence-electron chi connectivity index (χ4n) is 2.25. The molecule has 0 heterocycles. The molecule has 0 saturated heterocycles. The first-order chi connectivity index (χ1) is 8.00. The van der Waals surface area contributed by atoms with Crippen molar-refractivity contribution in [2.45, 2.75) is 25.7 Å². The lowest BCUT2D eigenvalue weighted by atomic mass is 9.71. The van der Waals surface area contributed by atoms with Crippen molar-refractivity contribution in [3.05, 3.63) is 53.8 Å². The van der Waals surface area contributed by atoms with Crippen LogP contribution < -0.4 is 0 Å². The van der Waals surface area contributed by atoms with Crippen molar-refractivity contribution in [3.63, 3.8) is 0 Å². The van der Waals surface area contributed by atoms with Crippen molar-refractivity contribution in [3.8, 4) is 5.75 Å². The third kappa shape index (κ3) is 2.36. The lowest BCUT2D eigenvalue weighted by Gasteiger charge is -2.33. The van der Waals surface area contributed by atoms with Gasteiger partial charge in [0.25, 0.3) is 0 Å². The van der Waals surface area contributed by atoms with E-state index in [4.69, 9.17) is 0 Å². The van der Waals surface area contributed by atoms with E-state index in [0.717, 1.165) is 6.42 Å². The molecule has 2 N–H and O–H groups in total. The number of rotatable bonds is 2. The van der Waals surface area contributed by atoms with Crippen molar-refractivity contribution in [1.29, 1.82) is 0 Å². The molecule has 1 atom stereocenters. The van der Waals surface area contributed by atoms with Gasteiger partial charge in [-0.05, 0) is 47.6 Å². The smallest absolute Gasteiger partial charge is 0.115 e. The molecule has 1 aliphatic rings. The number of aliphatic hydroxyl groups excluding tert-OH is 1. The molecule has 2 heteroatoms. The first-order valence-electron chi connectivity index (χ1n) is 5.87. The lowest BCUT2D eigenvalue weighted by molar-refractivity contribution is 0.362. The van der Waals surface area contributed by atoms with E-state index in [1.165, 1.54) is 5.56 Å². The molecule has 1 aliphatic carbocycles. The topological polar surface area (TPSA) is 40.5 Å². The molecule has 0 radical (unpaired) electrons. The number of phenols is 1. The van der Waals surface area contributed by atoms with E-state index in [2.05, 4.69) is 19.9 Å². The Morgan fingerprint density at radius 3 is 2.29 bits per heavy atom. The summed E-state index contributed by atoms with van der Waals surface area (Å²) >= 11 is 0. The maximum absolute atomic E-state index is 9.34. The summed E-state index contributed by atoms with van der Waals surface area (Å²) in [6.45, 7) is 4.37. The number of allylic oxidation sites excluding steroid dienone is 3. The molecule has 2 nitrogen and oxygen atoms in total. The number of benzene rings is 1. The molecular formula is C15H18O2. The van der Waals surface area contributed by atoms with Crippen LogP contribution in [0, 0.1) is 5.92 Å². The zero-order chi connectivity index (χ0) is 12.5. The van der Waals surface area contributed by atoms with E-state index in [9.17, 15) is 10.2 Å². The number of hydrogen-bond donors (Lipinski definition) is 2. The maximum Gasteiger partial charge on any atom is 0.115 e. The summed E-state index contributed by atoms with van der Waals surface area (Å²) in [6.07, 6.45) is 6.52. The zero-order valence-electron chi connectivity index (χ0n) is 10.2. The number of aliphatic hydroxyl groups is 1. The molecule has 90 valence electrons. The quantitative estimate of drug-likeness (QED) is 0.813. The van der Waals surface area contributed by atoms with Crippen molar-refractivity contribution < 1.29 is 10.2 Å². The Morgan fingerprint density at radius 2 is 1.76 bits per heavy atom. The highest BCUT2D eigenvalue weighted by atomic mass is 16.3. The van der Waals surface area contributed by atoms with Crippen LogP contribution >= 0.6 is 0 Å². The molecule has 0 spiro atoms. The number of phenolic OH excluding ortho intramolecular Hbond substituents is 1. The summed E-state index contributed by atoms with van der Waals surface area (Å²) in [5, 5.41) is 18.7. The summed E-state index contributed by atoms with van der Waals surface area (Å²) in [5.41, 5.74) is 1.18. The van der Waals surface area contributed by atoms with Crippen LogP contribution in [0.2, 0.25) is 0 Å². The van der Waals surface area contributed by atoms with Crippen LogP contribution in [0.15, 0.2) is 48.3 Å². The van der Waals surface area contributed by atoms with Gasteiger partial charge in [0, 0.05) is 0 Å². The molecule has 0 aromatic heterocycles. The summed E-state index contributed by atoms with van der Waals surface area (Å²) in [5.74, 6) is 1.01. The molecule has 1 aromatic carbocycles. The van der Waals surface area contributed by atoms with E-state index in [-0.39, 0.29) is 5.41 Å². The Labute approximate surface area is 102 Å². The summed E-state index contributed by atoms with van der Waals surface area (Å²) in [4.78, 5) is 0. The van der Waals surface area contributed by atoms with Crippen LogP contribution in [0.3, 0.4) is 0 Å². The molecule has 0 amide bonds. The van der Waals surface area contributed by atoms with E-state index >= 15 is 0 Å². The second-order valence-corrected chi connectivity index (χ2v) is 5.10. The molecule has 1 aromatic rings. The van der Waals surface area contributed by atoms with E-state index in [0.29, 0.717) is 17.4 Å². The van der Waals surface area contributed by atoms with Crippen LogP contribution in [0.5, 0.6) is 5.75 Å². The van der Waals surface area contributed by atoms with Gasteiger partial charge in [0.1, 0.15) is 11.5 Å². The van der Waals surface area contributed by atoms with E-state index in [1.54, 1.807) is 18.2 Å². The minimum absolute atomic E-state index is 0.0125. The van der Waals surface area contributed by atoms with Gasteiger partial charge in [0.2, 0.25) is 0 Å². The van der Waals surface area contributed by atoms with E-state index < -0.39 is 0 Å². The predicted molar refractivity (Wildman–Crippen MR) is 69.1 cm³/mol. The molecular weight excluding hydrogens is 212 g/mol. The largest absolute Gasteiger partial charge is 0.508 e. The molecule has 0 fully saturated rings. The van der Waals surface area contributed by atoms with Crippen LogP contribution in [0.25, 0.3) is 0 Å². The van der Waals surface area contributed by atoms with Crippen molar-refractivity contribution >= 4 is 0 Å². The molecule has 0 saturated carbocycles. The van der Waals surface area contributed by atoms with Crippen molar-refractivity contribution in [1.82, 2.24) is 0 Å². The van der Waals surface area contributed by atoms with Gasteiger partial charge in [-0.15, -0.1) is 0 Å². The Morgan fingerprint density at radius 1 is 1.12 bits per heavy atom. The second kappa shape index (κ2) is 4.28. The van der Waals surface area contributed by atoms with Crippen LogP contribution in [0.1, 0.15) is 25.8 Å². The third-order valence-corrected chi connectivity index (χ3v) is 3.62. The highest BCUT2D eigenvalue weighted by molar-refractivity contribution is 5.33. The monoisotopic (exact) mass is 230 g/mol. The van der Waals surface area contributed by atoms with Crippen LogP contribution in [-0.2, 0) is 5.41 Å². The van der Waals surface area contributed by atoms with Crippen LogP contribution in [0.4, 0.5) is 0 Å². The zero-order valence-corrected chi connectivity index (χ0v) is 10.2. The Hall–Kier alpha value is -1.70. The number of aromatic hydroxyl groups is 1. The van der Waals surface area contributed by atoms with Gasteiger partial charge in [-0.3, -0.25) is 0 Å². The van der Waals surface area contributed by atoms with Gasteiger partial charge in [-0.1, -0.05) is 32.1 Å². The number of hydrogen-bond acceptors (Lipinski definition) is 2. The Balaban J connectivity index is 2.25. The highest BCUT2D eigenvalue weighted by Crippen LogP contribution is 2.37. The maximum atomic E-state index is 9.34. The van der Waals surface area contributed by atoms with Gasteiger partial charge in [0.05, 0.1) is 0 Å². The minimum atomic E-state index is -0.0125. The normalized spacial score (nSPS) is 20.1. The van der Waals surface area contributed by atoms with Gasteiger partial charge >= 0.3 is 0 Å². The first-order valence-corrected chi connectivity index (χ1v) is 5.87. The SMILES string of the molecule is CC(C)(c1ccc(O)cc1)C1C=CC(O)=CC1. The van der Waals surface area contributed by atoms with Crippen LogP contribution in [-0.4, -0.2) is 10.2 Å². The Kier molecular flexibility index (Phi) is 2.97. The van der Waals surface area contributed by atoms with Gasteiger partial charge in [-0.2, -0.15) is 0 Å². The summed E-state index contributed by atoms with van der Waals surface area (Å²) < 4.78 is 0.